The van der Waals surface area contributed by atoms with Crippen LogP contribution in [0, 0.1) is 5.92 Å². The highest BCUT2D eigenvalue weighted by atomic mass is 16.7. The lowest BCUT2D eigenvalue weighted by Crippen LogP contribution is -2.43. The molecule has 6 rings (SSSR count). The van der Waals surface area contributed by atoms with Crippen LogP contribution in [-0.4, -0.2) is 50.9 Å². The summed E-state index contributed by atoms with van der Waals surface area (Å²) in [6, 6.07) is 12.9. The van der Waals surface area contributed by atoms with Crippen LogP contribution in [0.25, 0.3) is 22.0 Å². The number of likely N-dealkylation sites (tertiary alicyclic amines) is 1. The lowest BCUT2D eigenvalue weighted by atomic mass is 9.78. The lowest BCUT2D eigenvalue weighted by molar-refractivity contribution is 0.00578. The highest BCUT2D eigenvalue weighted by Crippen LogP contribution is 2.50. The van der Waals surface area contributed by atoms with Gasteiger partial charge in [-0.05, 0) is 95.9 Å². The fourth-order valence-corrected chi connectivity index (χ4v) is 6.11. The summed E-state index contributed by atoms with van der Waals surface area (Å²) < 4.78 is 18.3. The molecule has 2 saturated heterocycles. The molecule has 3 atom stereocenters. The summed E-state index contributed by atoms with van der Waals surface area (Å²) in [6.07, 6.45) is 4.81. The van der Waals surface area contributed by atoms with Crippen molar-refractivity contribution in [2.75, 3.05) is 0 Å². The van der Waals surface area contributed by atoms with Crippen molar-refractivity contribution in [1.29, 1.82) is 0 Å². The molecule has 7 nitrogen and oxygen atoms in total. The Kier molecular flexibility index (Phi) is 5.75. The first-order chi connectivity index (χ1) is 17.8. The number of nitrogens with zero attached hydrogens (tertiary/aromatic N) is 2. The summed E-state index contributed by atoms with van der Waals surface area (Å²) in [5, 5.41) is 2.26. The molecule has 0 spiro atoms. The molecule has 3 aliphatic rings. The predicted molar refractivity (Wildman–Crippen MR) is 149 cm³/mol. The second-order valence-electron chi connectivity index (χ2n) is 13.2. The van der Waals surface area contributed by atoms with E-state index in [2.05, 4.69) is 69.1 Å². The van der Waals surface area contributed by atoms with E-state index in [0.717, 1.165) is 52.6 Å². The molecule has 0 unspecified atom stereocenters. The second-order valence-corrected chi connectivity index (χ2v) is 13.2. The van der Waals surface area contributed by atoms with Crippen LogP contribution in [0.4, 0.5) is 4.79 Å². The monoisotopic (exact) mass is 515 g/mol. The molecule has 1 amide bonds. The number of H-pyrrole nitrogens is 1. The topological polar surface area (TPSA) is 76.7 Å². The minimum atomic E-state index is -0.523. The van der Waals surface area contributed by atoms with Gasteiger partial charge in [-0.25, -0.2) is 9.78 Å². The number of hydrogen-bond donors (Lipinski definition) is 1. The average molecular weight is 515 g/mol. The number of hydrogen-bond acceptors (Lipinski definition) is 5. The maximum absolute atomic E-state index is 13.1. The molecular weight excluding hydrogens is 477 g/mol. The number of imidazole rings is 1. The van der Waals surface area contributed by atoms with Gasteiger partial charge in [0.05, 0.1) is 29.1 Å². The minimum absolute atomic E-state index is 0.0692. The molecule has 2 bridgehead atoms. The van der Waals surface area contributed by atoms with Crippen molar-refractivity contribution in [2.45, 2.75) is 96.6 Å². The van der Waals surface area contributed by atoms with Gasteiger partial charge < -0.3 is 19.0 Å². The van der Waals surface area contributed by atoms with Crippen molar-refractivity contribution in [3.63, 3.8) is 0 Å². The van der Waals surface area contributed by atoms with Gasteiger partial charge in [0.1, 0.15) is 11.4 Å². The smallest absolute Gasteiger partial charge is 0.444 e. The number of benzene rings is 2. The first-order valence-corrected chi connectivity index (χ1v) is 13.8. The van der Waals surface area contributed by atoms with Crippen LogP contribution < -0.4 is 5.46 Å². The van der Waals surface area contributed by atoms with Gasteiger partial charge in [0, 0.05) is 11.6 Å². The molecule has 3 aromatic rings. The zero-order chi connectivity index (χ0) is 27.0. The fourth-order valence-electron chi connectivity index (χ4n) is 6.11. The van der Waals surface area contributed by atoms with E-state index < -0.39 is 5.60 Å². The van der Waals surface area contributed by atoms with Crippen LogP contribution in [0.15, 0.2) is 42.6 Å². The van der Waals surface area contributed by atoms with Gasteiger partial charge in [-0.15, -0.1) is 0 Å². The van der Waals surface area contributed by atoms with Gasteiger partial charge in [0.2, 0.25) is 0 Å². The molecule has 1 aliphatic carbocycles. The number of ether oxygens (including phenoxy) is 1. The van der Waals surface area contributed by atoms with E-state index in [9.17, 15) is 4.79 Å². The number of carbonyl (C=O) groups is 1. The van der Waals surface area contributed by atoms with Gasteiger partial charge in [-0.1, -0.05) is 30.3 Å². The average Bonchev–Trinajstić information content (AvgIpc) is 3.60. The zero-order valence-corrected chi connectivity index (χ0v) is 23.5. The highest BCUT2D eigenvalue weighted by molar-refractivity contribution is 6.62. The fraction of sp³-hybridized carbons (Fsp3) is 0.533. The number of aromatic amines is 1. The molecule has 3 fully saturated rings. The molecule has 38 heavy (non-hydrogen) atoms. The Morgan fingerprint density at radius 3 is 2.45 bits per heavy atom. The number of carbonyl (C=O) groups excluding carboxylic acids is 1. The first kappa shape index (κ1) is 25.4. The Labute approximate surface area is 225 Å². The van der Waals surface area contributed by atoms with E-state index in [0.29, 0.717) is 5.92 Å². The molecule has 1 saturated carbocycles. The highest BCUT2D eigenvalue weighted by Gasteiger charge is 2.52. The predicted octanol–water partition coefficient (Wildman–Crippen LogP) is 5.99. The minimum Gasteiger partial charge on any atom is -0.444 e. The van der Waals surface area contributed by atoms with Crippen LogP contribution in [0.1, 0.15) is 79.6 Å². The second kappa shape index (κ2) is 8.58. The van der Waals surface area contributed by atoms with Crippen molar-refractivity contribution in [2.24, 2.45) is 5.92 Å². The third-order valence-corrected chi connectivity index (χ3v) is 8.77. The summed E-state index contributed by atoms with van der Waals surface area (Å²) >= 11 is 0. The largest absolute Gasteiger partial charge is 0.494 e. The van der Waals surface area contributed by atoms with E-state index in [4.69, 9.17) is 19.0 Å². The maximum Gasteiger partial charge on any atom is 0.494 e. The summed E-state index contributed by atoms with van der Waals surface area (Å²) in [4.78, 5) is 23.3. The molecule has 2 aliphatic heterocycles. The van der Waals surface area contributed by atoms with Gasteiger partial charge >= 0.3 is 13.2 Å². The molecule has 1 aromatic heterocycles. The number of piperidine rings is 1. The van der Waals surface area contributed by atoms with Crippen molar-refractivity contribution in [3.05, 3.63) is 48.4 Å². The van der Waals surface area contributed by atoms with Crippen LogP contribution >= 0.6 is 0 Å². The number of nitrogens with one attached hydrogen (secondary N) is 1. The normalized spacial score (nSPS) is 25.9. The zero-order valence-electron chi connectivity index (χ0n) is 23.5. The van der Waals surface area contributed by atoms with Crippen molar-refractivity contribution >= 4 is 29.4 Å². The van der Waals surface area contributed by atoms with E-state index in [1.54, 1.807) is 0 Å². The lowest BCUT2D eigenvalue weighted by Gasteiger charge is -2.35. The molecule has 0 radical (unpaired) electrons. The van der Waals surface area contributed by atoms with E-state index in [1.807, 2.05) is 31.9 Å². The van der Waals surface area contributed by atoms with Gasteiger partial charge in [0.25, 0.3) is 0 Å². The van der Waals surface area contributed by atoms with Crippen LogP contribution in [0.3, 0.4) is 0 Å². The Morgan fingerprint density at radius 1 is 1.05 bits per heavy atom. The molecule has 200 valence electrons. The van der Waals surface area contributed by atoms with E-state index >= 15 is 0 Å². The Hall–Kier alpha value is -2.84. The summed E-state index contributed by atoms with van der Waals surface area (Å²) in [7, 11) is -0.381. The Balaban J connectivity index is 1.25. The summed E-state index contributed by atoms with van der Waals surface area (Å²) in [6.45, 7) is 14.0. The molecule has 8 heteroatoms. The molecular formula is C30H38BN3O4. The van der Waals surface area contributed by atoms with Crippen LogP contribution in [0.5, 0.6) is 0 Å². The Morgan fingerprint density at radius 2 is 1.74 bits per heavy atom. The van der Waals surface area contributed by atoms with Crippen molar-refractivity contribution < 1.29 is 18.8 Å². The van der Waals surface area contributed by atoms with E-state index in [1.165, 1.54) is 0 Å². The van der Waals surface area contributed by atoms with Crippen molar-refractivity contribution in [3.8, 4) is 11.3 Å². The standard InChI is InChI=1S/C30H38BN3O4/c1-28(2,3)36-27(35)34-23-13-11-21(16-23)25(34)26-32-17-24(33-26)20-9-8-19-15-22(12-10-18(19)14-20)31-37-29(4,5)30(6,7)38-31/h8-10,12,14-15,17,21,23,25H,11,13,16H2,1-7H3,(H,32,33)/t21-,23-,25+/m1/s1. The van der Waals surface area contributed by atoms with E-state index in [-0.39, 0.29) is 36.5 Å². The number of amides is 1. The van der Waals surface area contributed by atoms with Gasteiger partial charge in [-0.2, -0.15) is 0 Å². The third kappa shape index (κ3) is 4.32. The maximum atomic E-state index is 13.1. The van der Waals surface area contributed by atoms with Crippen LogP contribution in [-0.2, 0) is 14.0 Å². The van der Waals surface area contributed by atoms with Gasteiger partial charge in [-0.3, -0.25) is 4.90 Å². The molecule has 3 heterocycles. The van der Waals surface area contributed by atoms with Crippen molar-refractivity contribution in [1.82, 2.24) is 14.9 Å². The quantitative estimate of drug-likeness (QED) is 0.434. The summed E-state index contributed by atoms with van der Waals surface area (Å²) in [5.74, 6) is 1.26. The first-order valence-electron chi connectivity index (χ1n) is 13.8. The third-order valence-electron chi connectivity index (χ3n) is 8.77. The number of aromatic nitrogens is 2. The number of fused-ring (bicyclic) bond motifs is 3. The Bertz CT molecular complexity index is 1380. The van der Waals surface area contributed by atoms with Crippen LogP contribution in [0.2, 0.25) is 0 Å². The molecule has 2 aromatic carbocycles. The molecule has 1 N–H and O–H groups in total. The summed E-state index contributed by atoms with van der Waals surface area (Å²) in [5.41, 5.74) is 1.77. The number of rotatable bonds is 3. The van der Waals surface area contributed by atoms with Gasteiger partial charge in [0.15, 0.2) is 0 Å². The SMILES string of the molecule is CC(C)(C)OC(=O)N1[C@@H]2CC[C@H](C2)[C@H]1c1ncc(-c2ccc3cc(B4OC(C)(C)C(C)(C)O4)ccc3c2)[nH]1.